The van der Waals surface area contributed by atoms with Gasteiger partial charge in [0.1, 0.15) is 0 Å². The predicted octanol–water partition coefficient (Wildman–Crippen LogP) is 5.48. The average molecular weight is 288 g/mol. The molecule has 1 aromatic rings. The summed E-state index contributed by atoms with van der Waals surface area (Å²) in [5.41, 5.74) is 4.64. The van der Waals surface area contributed by atoms with E-state index in [0.717, 1.165) is 13.0 Å². The quantitative estimate of drug-likeness (QED) is 0.546. The maximum atomic E-state index is 6.05. The Kier molecular flexibility index (Phi) is 7.29. The molecule has 1 nitrogen and oxygen atoms in total. The van der Waals surface area contributed by atoms with Crippen LogP contribution in [-0.4, -0.2) is 12.7 Å². The van der Waals surface area contributed by atoms with Crippen LogP contribution in [0.4, 0.5) is 0 Å². The van der Waals surface area contributed by atoms with Crippen LogP contribution in [0.1, 0.15) is 75.5 Å². The molecule has 2 rings (SSSR count). The highest BCUT2D eigenvalue weighted by atomic mass is 16.5. The molecule has 0 N–H and O–H groups in total. The molecule has 1 aromatic carbocycles. The van der Waals surface area contributed by atoms with Crippen molar-refractivity contribution < 1.29 is 4.74 Å². The first kappa shape index (κ1) is 16.5. The van der Waals surface area contributed by atoms with Crippen molar-refractivity contribution >= 4 is 0 Å². The zero-order chi connectivity index (χ0) is 14.9. The van der Waals surface area contributed by atoms with E-state index in [1.165, 1.54) is 68.9 Å². The fourth-order valence-corrected chi connectivity index (χ4v) is 3.25. The second kappa shape index (κ2) is 9.25. The van der Waals surface area contributed by atoms with Crippen LogP contribution in [0.5, 0.6) is 0 Å². The first-order valence-corrected chi connectivity index (χ1v) is 9.05. The van der Waals surface area contributed by atoms with Crippen molar-refractivity contribution in [2.24, 2.45) is 0 Å². The van der Waals surface area contributed by atoms with Gasteiger partial charge in [-0.1, -0.05) is 57.7 Å². The molecule has 0 aliphatic heterocycles. The van der Waals surface area contributed by atoms with E-state index in [0.29, 0.717) is 6.10 Å². The number of hydrogen-bond donors (Lipinski definition) is 0. The summed E-state index contributed by atoms with van der Waals surface area (Å²) < 4.78 is 6.05. The van der Waals surface area contributed by atoms with Crippen molar-refractivity contribution in [3.63, 3.8) is 0 Å². The minimum absolute atomic E-state index is 0.459. The topological polar surface area (TPSA) is 9.23 Å². The molecule has 0 fully saturated rings. The number of ether oxygens (including phenoxy) is 1. The van der Waals surface area contributed by atoms with Crippen molar-refractivity contribution in [3.05, 3.63) is 34.9 Å². The molecule has 1 atom stereocenters. The molecule has 0 aromatic heterocycles. The summed E-state index contributed by atoms with van der Waals surface area (Å²) in [5.74, 6) is 0. The molecule has 1 unspecified atom stereocenters. The summed E-state index contributed by atoms with van der Waals surface area (Å²) in [7, 11) is 0. The molecular weight excluding hydrogens is 256 g/mol. The fraction of sp³-hybridized carbons (Fsp3) is 0.700. The molecule has 0 amide bonds. The average Bonchev–Trinajstić information content (AvgIpc) is 2.52. The van der Waals surface area contributed by atoms with Gasteiger partial charge >= 0.3 is 0 Å². The van der Waals surface area contributed by atoms with Crippen LogP contribution in [0.25, 0.3) is 0 Å². The lowest BCUT2D eigenvalue weighted by atomic mass is 9.88. The lowest BCUT2D eigenvalue weighted by Gasteiger charge is -2.25. The Balaban J connectivity index is 1.81. The van der Waals surface area contributed by atoms with E-state index in [4.69, 9.17) is 4.74 Å². The van der Waals surface area contributed by atoms with Crippen molar-refractivity contribution in [3.8, 4) is 0 Å². The van der Waals surface area contributed by atoms with Gasteiger partial charge in [0.25, 0.3) is 0 Å². The molecule has 118 valence electrons. The molecular formula is C20H32O. The Morgan fingerprint density at radius 1 is 1.00 bits per heavy atom. The van der Waals surface area contributed by atoms with Crippen LogP contribution in [-0.2, 0) is 24.0 Å². The Labute approximate surface area is 131 Å². The molecule has 0 spiro atoms. The number of unbranched alkanes of at least 4 members (excludes halogenated alkanes) is 4. The molecule has 0 saturated carbocycles. The molecule has 1 aliphatic carbocycles. The van der Waals surface area contributed by atoms with Crippen molar-refractivity contribution in [2.45, 2.75) is 84.2 Å². The van der Waals surface area contributed by atoms with Gasteiger partial charge in [-0.05, 0) is 55.2 Å². The van der Waals surface area contributed by atoms with Gasteiger partial charge in [-0.2, -0.15) is 0 Å². The smallest absolute Gasteiger partial charge is 0.0618 e. The van der Waals surface area contributed by atoms with Crippen LogP contribution < -0.4 is 0 Å². The summed E-state index contributed by atoms with van der Waals surface area (Å²) in [5, 5.41) is 0. The maximum Gasteiger partial charge on any atom is 0.0618 e. The largest absolute Gasteiger partial charge is 0.378 e. The molecule has 0 bridgehead atoms. The van der Waals surface area contributed by atoms with Crippen molar-refractivity contribution in [1.29, 1.82) is 0 Å². The summed E-state index contributed by atoms with van der Waals surface area (Å²) in [6, 6.07) is 7.16. The van der Waals surface area contributed by atoms with Crippen LogP contribution >= 0.6 is 0 Å². The summed E-state index contributed by atoms with van der Waals surface area (Å²) in [6.07, 6.45) is 13.0. The first-order valence-electron chi connectivity index (χ1n) is 9.05. The van der Waals surface area contributed by atoms with Gasteiger partial charge in [0, 0.05) is 6.61 Å². The van der Waals surface area contributed by atoms with E-state index in [-0.39, 0.29) is 0 Å². The Morgan fingerprint density at radius 3 is 2.62 bits per heavy atom. The van der Waals surface area contributed by atoms with Gasteiger partial charge in [0.2, 0.25) is 0 Å². The van der Waals surface area contributed by atoms with Gasteiger partial charge in [-0.15, -0.1) is 0 Å². The fourth-order valence-electron chi connectivity index (χ4n) is 3.25. The normalized spacial score (nSPS) is 17.7. The van der Waals surface area contributed by atoms with Gasteiger partial charge in [-0.25, -0.2) is 0 Å². The number of benzene rings is 1. The van der Waals surface area contributed by atoms with Crippen molar-refractivity contribution in [1.82, 2.24) is 0 Å². The van der Waals surface area contributed by atoms with Gasteiger partial charge < -0.3 is 4.74 Å². The minimum Gasteiger partial charge on any atom is -0.378 e. The first-order chi connectivity index (χ1) is 10.3. The Hall–Kier alpha value is -0.820. The number of rotatable bonds is 9. The minimum atomic E-state index is 0.459. The summed E-state index contributed by atoms with van der Waals surface area (Å²) in [6.45, 7) is 5.46. The highest BCUT2D eigenvalue weighted by molar-refractivity contribution is 5.34. The number of hydrogen-bond acceptors (Lipinski definition) is 1. The van der Waals surface area contributed by atoms with Crippen LogP contribution in [0.2, 0.25) is 0 Å². The summed E-state index contributed by atoms with van der Waals surface area (Å²) in [4.78, 5) is 0. The van der Waals surface area contributed by atoms with Gasteiger partial charge in [0.15, 0.2) is 0 Å². The van der Waals surface area contributed by atoms with Crippen LogP contribution in [0.15, 0.2) is 18.2 Å². The Morgan fingerprint density at radius 2 is 1.81 bits per heavy atom. The van der Waals surface area contributed by atoms with Crippen LogP contribution in [0.3, 0.4) is 0 Å². The zero-order valence-electron chi connectivity index (χ0n) is 14.0. The third kappa shape index (κ3) is 5.47. The highest BCUT2D eigenvalue weighted by Gasteiger charge is 2.19. The molecule has 1 aliphatic rings. The molecule has 21 heavy (non-hydrogen) atoms. The van der Waals surface area contributed by atoms with E-state index >= 15 is 0 Å². The lowest BCUT2D eigenvalue weighted by molar-refractivity contribution is 0.0419. The standard InChI is InChI=1S/C20H32O/c1-3-5-7-9-17-10-11-19-16-20(13-12-18(19)15-17)21-14-8-6-4-2/h10-11,15,20H,3-9,12-14,16H2,1-2H3. The number of fused-ring (bicyclic) bond motifs is 1. The third-order valence-corrected chi connectivity index (χ3v) is 4.62. The second-order valence-corrected chi connectivity index (χ2v) is 6.50. The molecule has 0 radical (unpaired) electrons. The van der Waals surface area contributed by atoms with Crippen LogP contribution in [0, 0.1) is 0 Å². The van der Waals surface area contributed by atoms with Crippen molar-refractivity contribution in [2.75, 3.05) is 6.61 Å². The lowest BCUT2D eigenvalue weighted by Crippen LogP contribution is -2.23. The van der Waals surface area contributed by atoms with E-state index in [1.807, 2.05) is 0 Å². The number of aryl methyl sites for hydroxylation is 2. The van der Waals surface area contributed by atoms with Gasteiger partial charge in [0.05, 0.1) is 6.10 Å². The molecule has 1 heteroatoms. The summed E-state index contributed by atoms with van der Waals surface area (Å²) >= 11 is 0. The predicted molar refractivity (Wildman–Crippen MR) is 91.0 cm³/mol. The SMILES string of the molecule is CCCCCOC1CCc2cc(CCCCC)ccc2C1. The van der Waals surface area contributed by atoms with E-state index in [2.05, 4.69) is 32.0 Å². The third-order valence-electron chi connectivity index (χ3n) is 4.62. The highest BCUT2D eigenvalue weighted by Crippen LogP contribution is 2.25. The van der Waals surface area contributed by atoms with E-state index < -0.39 is 0 Å². The van der Waals surface area contributed by atoms with E-state index in [9.17, 15) is 0 Å². The van der Waals surface area contributed by atoms with E-state index in [1.54, 1.807) is 5.56 Å². The molecule has 0 heterocycles. The zero-order valence-corrected chi connectivity index (χ0v) is 14.0. The van der Waals surface area contributed by atoms with Gasteiger partial charge in [-0.3, -0.25) is 0 Å². The molecule has 0 saturated heterocycles. The maximum absolute atomic E-state index is 6.05. The second-order valence-electron chi connectivity index (χ2n) is 6.50. The Bertz CT molecular complexity index is 410. The monoisotopic (exact) mass is 288 g/mol.